The van der Waals surface area contributed by atoms with Crippen LogP contribution in [0.5, 0.6) is 5.88 Å². The van der Waals surface area contributed by atoms with Gasteiger partial charge in [-0.2, -0.15) is 0 Å². The van der Waals surface area contributed by atoms with Gasteiger partial charge in [-0.1, -0.05) is 36.6 Å². The van der Waals surface area contributed by atoms with Crippen molar-refractivity contribution in [3.05, 3.63) is 60.6 Å². The minimum absolute atomic E-state index is 0.0677. The van der Waals surface area contributed by atoms with Gasteiger partial charge in [0, 0.05) is 29.5 Å². The Morgan fingerprint density at radius 1 is 1.56 bits per heavy atom. The van der Waals surface area contributed by atoms with E-state index in [1.807, 2.05) is 19.1 Å². The fourth-order valence-corrected chi connectivity index (χ4v) is 4.31. The molecule has 1 fully saturated rings. The second-order valence-corrected chi connectivity index (χ2v) is 7.59. The number of rotatable bonds is 6. The van der Waals surface area contributed by atoms with Crippen molar-refractivity contribution in [2.24, 2.45) is 16.6 Å². The molecule has 144 valence electrons. The predicted molar refractivity (Wildman–Crippen MR) is 108 cm³/mol. The van der Waals surface area contributed by atoms with Crippen LogP contribution in [0, 0.1) is 5.92 Å². The molecule has 0 unspecified atom stereocenters. The van der Waals surface area contributed by atoms with Crippen molar-refractivity contribution in [2.45, 2.75) is 25.0 Å². The van der Waals surface area contributed by atoms with Crippen molar-refractivity contribution >= 4 is 16.9 Å². The van der Waals surface area contributed by atoms with E-state index in [1.165, 1.54) is 17.8 Å². The first-order valence-corrected chi connectivity index (χ1v) is 9.85. The van der Waals surface area contributed by atoms with Gasteiger partial charge in [0.25, 0.3) is 0 Å². The first-order chi connectivity index (χ1) is 13.0. The first kappa shape index (κ1) is 19.6. The highest BCUT2D eigenvalue weighted by Crippen LogP contribution is 2.45. The fourth-order valence-electron chi connectivity index (χ4n) is 3.30. The zero-order valence-corrected chi connectivity index (χ0v) is 16.1. The highest BCUT2D eigenvalue weighted by Gasteiger charge is 2.49. The maximum atomic E-state index is 14.6. The van der Waals surface area contributed by atoms with Crippen LogP contribution in [-0.4, -0.2) is 40.8 Å². The fraction of sp³-hybridized carbons (Fsp3) is 0.400. The molecule has 1 aromatic rings. The van der Waals surface area contributed by atoms with Crippen molar-refractivity contribution in [3.63, 3.8) is 0 Å². The molecule has 0 saturated carbocycles. The predicted octanol–water partition coefficient (Wildman–Crippen LogP) is 3.65. The summed E-state index contributed by atoms with van der Waals surface area (Å²) >= 11 is 1.49. The number of hydrogen-bond acceptors (Lipinski definition) is 6. The Kier molecular flexibility index (Phi) is 6.34. The van der Waals surface area contributed by atoms with Crippen LogP contribution in [0.3, 0.4) is 0 Å². The number of aliphatic imine (C=N–C) groups is 1. The normalized spacial score (nSPS) is 28.5. The lowest BCUT2D eigenvalue weighted by atomic mass is 9.75. The molecule has 27 heavy (non-hydrogen) atoms. The summed E-state index contributed by atoms with van der Waals surface area (Å²) in [5.41, 5.74) is 5.42. The van der Waals surface area contributed by atoms with Crippen molar-refractivity contribution in [1.29, 1.82) is 0 Å². The molecule has 7 heteroatoms. The van der Waals surface area contributed by atoms with Crippen LogP contribution in [0.2, 0.25) is 0 Å². The molecule has 2 N–H and O–H groups in total. The number of thioether (sulfide) groups is 1. The molecular weight excluding hydrogens is 365 g/mol. The summed E-state index contributed by atoms with van der Waals surface area (Å²) < 4.78 is 26.4. The second-order valence-electron chi connectivity index (χ2n) is 6.55. The number of amidine groups is 1. The molecule has 1 aromatic heterocycles. The molecule has 1 saturated heterocycles. The number of allylic oxidation sites excluding steroid dienone is 3. The zero-order valence-electron chi connectivity index (χ0n) is 15.3. The number of aromatic nitrogens is 1. The van der Waals surface area contributed by atoms with E-state index in [2.05, 4.69) is 16.6 Å². The van der Waals surface area contributed by atoms with E-state index in [0.29, 0.717) is 29.6 Å². The van der Waals surface area contributed by atoms with Gasteiger partial charge < -0.3 is 15.2 Å². The average Bonchev–Trinajstić information content (AvgIpc) is 2.70. The Balaban J connectivity index is 1.74. The summed E-state index contributed by atoms with van der Waals surface area (Å²) in [5, 5.41) is 0.443. The van der Waals surface area contributed by atoms with E-state index in [9.17, 15) is 4.39 Å². The standard InChI is InChI=1S/C20H24FN3O2S/c1-3-4-7-17(21)14(2)20-13-26-16(10-15(20)12-27-19(22)24-20)11-25-18-8-5-6-9-23-18/h3-9,15-16H,2,10-13H2,1H3,(H2,22,24)/b4-3-,17-7+/t15-,16+,20+/m0/s1. The van der Waals surface area contributed by atoms with Crippen molar-refractivity contribution in [3.8, 4) is 5.88 Å². The largest absolute Gasteiger partial charge is 0.475 e. The van der Waals surface area contributed by atoms with Crippen molar-refractivity contribution in [1.82, 2.24) is 4.98 Å². The molecule has 0 bridgehead atoms. The third kappa shape index (κ3) is 4.42. The summed E-state index contributed by atoms with van der Waals surface area (Å²) in [4.78, 5) is 8.74. The van der Waals surface area contributed by atoms with Gasteiger partial charge in [0.2, 0.25) is 5.88 Å². The maximum Gasteiger partial charge on any atom is 0.213 e. The van der Waals surface area contributed by atoms with Crippen LogP contribution in [0.15, 0.2) is 65.6 Å². The van der Waals surface area contributed by atoms with Gasteiger partial charge >= 0.3 is 0 Å². The molecule has 2 aliphatic rings. The number of ether oxygens (including phenoxy) is 2. The Hall–Kier alpha value is -2.12. The number of halogens is 1. The van der Waals surface area contributed by atoms with Crippen LogP contribution < -0.4 is 10.5 Å². The zero-order chi connectivity index (χ0) is 19.3. The monoisotopic (exact) mass is 389 g/mol. The van der Waals surface area contributed by atoms with Gasteiger partial charge in [-0.25, -0.2) is 14.4 Å². The van der Waals surface area contributed by atoms with Gasteiger partial charge in [0.15, 0.2) is 5.17 Å². The minimum atomic E-state index is -0.862. The van der Waals surface area contributed by atoms with Crippen LogP contribution in [-0.2, 0) is 4.74 Å². The molecule has 0 aromatic carbocycles. The third-order valence-corrected chi connectivity index (χ3v) is 5.76. The van der Waals surface area contributed by atoms with Gasteiger partial charge in [-0.15, -0.1) is 0 Å². The minimum Gasteiger partial charge on any atom is -0.475 e. The Morgan fingerprint density at radius 2 is 2.41 bits per heavy atom. The number of hydrogen-bond donors (Lipinski definition) is 1. The average molecular weight is 389 g/mol. The molecule has 0 amide bonds. The van der Waals surface area contributed by atoms with Gasteiger partial charge in [0.05, 0.1) is 12.7 Å². The molecule has 3 atom stereocenters. The molecule has 3 heterocycles. The van der Waals surface area contributed by atoms with E-state index in [-0.39, 0.29) is 18.6 Å². The maximum absolute atomic E-state index is 14.6. The van der Waals surface area contributed by atoms with Gasteiger partial charge in [-0.05, 0) is 25.5 Å². The van der Waals surface area contributed by atoms with Crippen molar-refractivity contribution in [2.75, 3.05) is 19.0 Å². The lowest BCUT2D eigenvalue weighted by Crippen LogP contribution is -2.54. The van der Waals surface area contributed by atoms with Gasteiger partial charge in [0.1, 0.15) is 18.0 Å². The third-order valence-electron chi connectivity index (χ3n) is 4.80. The first-order valence-electron chi connectivity index (χ1n) is 8.87. The SMILES string of the molecule is C=C(/C(F)=C\C=C/C)[C@]12CO[C@@H](COc3ccccn3)C[C@H]1CSC(N)=N2. The van der Waals surface area contributed by atoms with Crippen molar-refractivity contribution < 1.29 is 13.9 Å². The van der Waals surface area contributed by atoms with Crippen LogP contribution >= 0.6 is 11.8 Å². The number of nitrogens with two attached hydrogens (primary N) is 1. The molecule has 0 spiro atoms. The number of fused-ring (bicyclic) bond motifs is 1. The Bertz CT molecular complexity index is 766. The second kappa shape index (κ2) is 8.71. The van der Waals surface area contributed by atoms with E-state index in [0.717, 1.165) is 5.75 Å². The molecule has 0 aliphatic carbocycles. The number of pyridine rings is 1. The molecule has 5 nitrogen and oxygen atoms in total. The molecule has 0 radical (unpaired) electrons. The molecule has 3 rings (SSSR count). The Morgan fingerprint density at radius 3 is 3.15 bits per heavy atom. The summed E-state index contributed by atoms with van der Waals surface area (Å²) in [7, 11) is 0. The van der Waals surface area contributed by atoms with E-state index in [1.54, 1.807) is 24.4 Å². The summed E-state index contributed by atoms with van der Waals surface area (Å²) in [6, 6.07) is 5.51. The lowest BCUT2D eigenvalue weighted by Gasteiger charge is -2.46. The van der Waals surface area contributed by atoms with E-state index in [4.69, 9.17) is 15.2 Å². The van der Waals surface area contributed by atoms with Gasteiger partial charge in [-0.3, -0.25) is 0 Å². The molecular formula is C20H24FN3O2S. The summed E-state index contributed by atoms with van der Waals surface area (Å²) in [6.45, 7) is 6.43. The lowest BCUT2D eigenvalue weighted by molar-refractivity contribution is -0.0602. The summed E-state index contributed by atoms with van der Waals surface area (Å²) in [6.07, 6.45) is 7.06. The van der Waals surface area contributed by atoms with E-state index < -0.39 is 11.4 Å². The Labute approximate surface area is 163 Å². The van der Waals surface area contributed by atoms with Crippen LogP contribution in [0.4, 0.5) is 4.39 Å². The van der Waals surface area contributed by atoms with E-state index >= 15 is 0 Å². The number of nitrogens with zero attached hydrogens (tertiary/aromatic N) is 2. The quantitative estimate of drug-likeness (QED) is 0.752. The molecule has 2 aliphatic heterocycles. The van der Waals surface area contributed by atoms with Crippen LogP contribution in [0.1, 0.15) is 13.3 Å². The summed E-state index contributed by atoms with van der Waals surface area (Å²) in [5.74, 6) is 0.976. The topological polar surface area (TPSA) is 69.7 Å². The van der Waals surface area contributed by atoms with Crippen LogP contribution in [0.25, 0.3) is 0 Å². The smallest absolute Gasteiger partial charge is 0.213 e. The highest BCUT2D eigenvalue weighted by molar-refractivity contribution is 8.13. The highest BCUT2D eigenvalue weighted by atomic mass is 32.2.